The smallest absolute Gasteiger partial charge is 0.254 e. The van der Waals surface area contributed by atoms with Crippen molar-refractivity contribution in [3.8, 4) is 0 Å². The van der Waals surface area contributed by atoms with Crippen molar-refractivity contribution in [1.29, 1.82) is 0 Å². The molecule has 1 aromatic heterocycles. The van der Waals surface area contributed by atoms with E-state index in [9.17, 15) is 18.7 Å². The van der Waals surface area contributed by atoms with Crippen LogP contribution >= 0.6 is 0 Å². The molecule has 1 aliphatic carbocycles. The average Bonchev–Trinajstić information content (AvgIpc) is 2.88. The van der Waals surface area contributed by atoms with E-state index >= 15 is 0 Å². The van der Waals surface area contributed by atoms with Crippen molar-refractivity contribution in [2.24, 2.45) is 13.0 Å². The Hall–Kier alpha value is -2.28. The highest BCUT2D eigenvalue weighted by Crippen LogP contribution is 2.38. The molecule has 0 aliphatic heterocycles. The van der Waals surface area contributed by atoms with E-state index in [0.717, 1.165) is 17.7 Å². The number of hydrogen-bond donors (Lipinski definition) is 2. The van der Waals surface area contributed by atoms with Gasteiger partial charge in [-0.2, -0.15) is 5.10 Å². The quantitative estimate of drug-likeness (QED) is 0.904. The molecule has 122 valence electrons. The molecular weight excluding hydrogens is 304 g/mol. The number of aliphatic hydroxyl groups is 1. The maximum absolute atomic E-state index is 13.8. The Bertz CT molecular complexity index is 726. The number of amides is 1. The number of hydrogen-bond acceptors (Lipinski definition) is 3. The minimum atomic E-state index is -0.902. The lowest BCUT2D eigenvalue weighted by atomic mass is 9.75. The zero-order chi connectivity index (χ0) is 16.6. The van der Waals surface area contributed by atoms with E-state index in [1.54, 1.807) is 24.1 Å². The second kappa shape index (κ2) is 6.08. The summed E-state index contributed by atoms with van der Waals surface area (Å²) in [5.41, 5.74) is 0.584. The molecule has 1 amide bonds. The number of nitrogens with one attached hydrogen (secondary N) is 1. The molecule has 2 N–H and O–H groups in total. The van der Waals surface area contributed by atoms with Crippen LogP contribution in [0.5, 0.6) is 0 Å². The SMILES string of the molecule is Cn1cc([C@H](NC(=O)c2ccc(F)cc2F)C2CC(O)C2)cn1. The maximum atomic E-state index is 13.8. The second-order valence-electron chi connectivity index (χ2n) is 5.91. The van der Waals surface area contributed by atoms with E-state index in [2.05, 4.69) is 10.4 Å². The van der Waals surface area contributed by atoms with Gasteiger partial charge in [-0.05, 0) is 30.9 Å². The lowest BCUT2D eigenvalue weighted by Gasteiger charge is -2.37. The Morgan fingerprint density at radius 3 is 2.74 bits per heavy atom. The Balaban J connectivity index is 1.81. The standard InChI is InChI=1S/C16H17F2N3O2/c1-21-8-10(7-19-21)15(9-4-12(22)5-9)20-16(23)13-3-2-11(17)6-14(13)18/h2-3,6-9,12,15,22H,4-5H2,1H3,(H,20,23)/t9?,12?,15-/m1/s1. The molecular formula is C16H17F2N3O2. The normalized spacial score (nSPS) is 21.6. The third-order valence-electron chi connectivity index (χ3n) is 4.17. The molecule has 0 saturated heterocycles. The van der Waals surface area contributed by atoms with Gasteiger partial charge in [-0.1, -0.05) is 0 Å². The fourth-order valence-electron chi connectivity index (χ4n) is 2.87. The molecule has 0 spiro atoms. The predicted octanol–water partition coefficient (Wildman–Crippen LogP) is 1.94. The highest BCUT2D eigenvalue weighted by Gasteiger charge is 2.36. The van der Waals surface area contributed by atoms with Crippen LogP contribution in [-0.4, -0.2) is 26.9 Å². The summed E-state index contributed by atoms with van der Waals surface area (Å²) >= 11 is 0. The van der Waals surface area contributed by atoms with Gasteiger partial charge in [0.1, 0.15) is 11.6 Å². The molecule has 0 radical (unpaired) electrons. The van der Waals surface area contributed by atoms with Gasteiger partial charge >= 0.3 is 0 Å². The lowest BCUT2D eigenvalue weighted by Crippen LogP contribution is -2.41. The van der Waals surface area contributed by atoms with Gasteiger partial charge in [-0.25, -0.2) is 8.78 Å². The highest BCUT2D eigenvalue weighted by atomic mass is 19.1. The number of rotatable bonds is 4. The van der Waals surface area contributed by atoms with Gasteiger partial charge in [0.05, 0.1) is 23.9 Å². The number of nitrogens with zero attached hydrogens (tertiary/aromatic N) is 2. The second-order valence-corrected chi connectivity index (χ2v) is 5.91. The Morgan fingerprint density at radius 2 is 2.17 bits per heavy atom. The predicted molar refractivity (Wildman–Crippen MR) is 78.5 cm³/mol. The number of aryl methyl sites for hydroxylation is 1. The molecule has 1 saturated carbocycles. The Kier molecular flexibility index (Phi) is 4.12. The maximum Gasteiger partial charge on any atom is 0.254 e. The van der Waals surface area contributed by atoms with Crippen LogP contribution in [0.25, 0.3) is 0 Å². The van der Waals surface area contributed by atoms with Crippen LogP contribution in [0, 0.1) is 17.6 Å². The Labute approximate surface area is 131 Å². The molecule has 23 heavy (non-hydrogen) atoms. The van der Waals surface area contributed by atoms with Crippen molar-refractivity contribution < 1.29 is 18.7 Å². The van der Waals surface area contributed by atoms with Crippen LogP contribution in [0.3, 0.4) is 0 Å². The Morgan fingerprint density at radius 1 is 1.43 bits per heavy atom. The van der Waals surface area contributed by atoms with Gasteiger partial charge < -0.3 is 10.4 Å². The van der Waals surface area contributed by atoms with Crippen molar-refractivity contribution in [2.75, 3.05) is 0 Å². The number of carbonyl (C=O) groups excluding carboxylic acids is 1. The highest BCUT2D eigenvalue weighted by molar-refractivity contribution is 5.94. The van der Waals surface area contributed by atoms with Crippen molar-refractivity contribution in [3.05, 3.63) is 53.4 Å². The van der Waals surface area contributed by atoms with Crippen LogP contribution in [0.4, 0.5) is 8.78 Å². The summed E-state index contributed by atoms with van der Waals surface area (Å²) in [4.78, 5) is 12.3. The van der Waals surface area contributed by atoms with E-state index in [1.807, 2.05) is 0 Å². The molecule has 5 nitrogen and oxygen atoms in total. The number of carbonyl (C=O) groups is 1. The molecule has 1 heterocycles. The summed E-state index contributed by atoms with van der Waals surface area (Å²) in [5, 5.41) is 16.4. The van der Waals surface area contributed by atoms with Crippen LogP contribution in [0.15, 0.2) is 30.6 Å². The summed E-state index contributed by atoms with van der Waals surface area (Å²) in [7, 11) is 1.76. The first kappa shape index (κ1) is 15.6. The minimum Gasteiger partial charge on any atom is -0.393 e. The minimum absolute atomic E-state index is 0.0571. The van der Waals surface area contributed by atoms with Crippen LogP contribution < -0.4 is 5.32 Å². The summed E-state index contributed by atoms with van der Waals surface area (Å²) < 4.78 is 28.3. The molecule has 3 rings (SSSR count). The number of aromatic nitrogens is 2. The van der Waals surface area contributed by atoms with Gasteiger partial charge in [0.2, 0.25) is 0 Å². The third-order valence-corrected chi connectivity index (χ3v) is 4.17. The van der Waals surface area contributed by atoms with Crippen molar-refractivity contribution in [1.82, 2.24) is 15.1 Å². The first-order valence-electron chi connectivity index (χ1n) is 7.36. The van der Waals surface area contributed by atoms with Crippen LogP contribution in [-0.2, 0) is 7.05 Å². The summed E-state index contributed by atoms with van der Waals surface area (Å²) in [6, 6.07) is 2.48. The summed E-state index contributed by atoms with van der Waals surface area (Å²) in [6.45, 7) is 0. The fourth-order valence-corrected chi connectivity index (χ4v) is 2.87. The molecule has 1 aromatic carbocycles. The molecule has 1 atom stereocenters. The zero-order valence-electron chi connectivity index (χ0n) is 12.5. The van der Waals surface area contributed by atoms with Gasteiger partial charge in [0.25, 0.3) is 5.91 Å². The topological polar surface area (TPSA) is 67.2 Å². The molecule has 1 fully saturated rings. The number of aliphatic hydroxyl groups excluding tert-OH is 1. The summed E-state index contributed by atoms with van der Waals surface area (Å²) in [5.74, 6) is -2.19. The van der Waals surface area contributed by atoms with Crippen LogP contribution in [0.2, 0.25) is 0 Å². The van der Waals surface area contributed by atoms with Crippen LogP contribution in [0.1, 0.15) is 34.8 Å². The average molecular weight is 321 g/mol. The van der Waals surface area contributed by atoms with Gasteiger partial charge in [-0.15, -0.1) is 0 Å². The third kappa shape index (κ3) is 3.24. The largest absolute Gasteiger partial charge is 0.393 e. The van der Waals surface area contributed by atoms with E-state index in [0.29, 0.717) is 18.9 Å². The van der Waals surface area contributed by atoms with E-state index in [-0.39, 0.29) is 23.6 Å². The molecule has 7 heteroatoms. The van der Waals surface area contributed by atoms with E-state index < -0.39 is 17.5 Å². The van der Waals surface area contributed by atoms with E-state index in [1.165, 1.54) is 0 Å². The summed E-state index contributed by atoms with van der Waals surface area (Å²) in [6.07, 6.45) is 4.16. The lowest BCUT2D eigenvalue weighted by molar-refractivity contribution is 0.0234. The number of benzene rings is 1. The van der Waals surface area contributed by atoms with Gasteiger partial charge in [0, 0.05) is 24.9 Å². The first-order chi connectivity index (χ1) is 10.9. The number of halogens is 2. The van der Waals surface area contributed by atoms with Crippen molar-refractivity contribution in [3.63, 3.8) is 0 Å². The molecule has 0 bridgehead atoms. The molecule has 0 unspecified atom stereocenters. The monoisotopic (exact) mass is 321 g/mol. The van der Waals surface area contributed by atoms with E-state index in [4.69, 9.17) is 0 Å². The van der Waals surface area contributed by atoms with Gasteiger partial charge in [-0.3, -0.25) is 9.48 Å². The first-order valence-corrected chi connectivity index (χ1v) is 7.36. The van der Waals surface area contributed by atoms with Gasteiger partial charge in [0.15, 0.2) is 0 Å². The van der Waals surface area contributed by atoms with Crippen molar-refractivity contribution >= 4 is 5.91 Å². The van der Waals surface area contributed by atoms with Crippen molar-refractivity contribution in [2.45, 2.75) is 25.0 Å². The fraction of sp³-hybridized carbons (Fsp3) is 0.375. The molecule has 2 aromatic rings. The zero-order valence-corrected chi connectivity index (χ0v) is 12.5. The molecule has 1 aliphatic rings.